The fourth-order valence-electron chi connectivity index (χ4n) is 1.73. The lowest BCUT2D eigenvalue weighted by atomic mass is 10.2. The van der Waals surface area contributed by atoms with Crippen molar-refractivity contribution in [3.05, 3.63) is 42.2 Å². The van der Waals surface area contributed by atoms with Crippen molar-refractivity contribution in [3.63, 3.8) is 0 Å². The summed E-state index contributed by atoms with van der Waals surface area (Å²) in [6.07, 6.45) is 3.31. The highest BCUT2D eigenvalue weighted by molar-refractivity contribution is 5.67. The number of nitrogens with two attached hydrogens (primary N) is 1. The number of nitrogens with zero attached hydrogens (tertiary/aromatic N) is 4. The summed E-state index contributed by atoms with van der Waals surface area (Å²) in [4.78, 5) is 12.7. The van der Waals surface area contributed by atoms with Gasteiger partial charge in [0.1, 0.15) is 5.69 Å². The van der Waals surface area contributed by atoms with Gasteiger partial charge in [-0.1, -0.05) is 11.2 Å². The van der Waals surface area contributed by atoms with Gasteiger partial charge in [0.25, 0.3) is 5.89 Å². The zero-order chi connectivity index (χ0) is 13.2. The van der Waals surface area contributed by atoms with Gasteiger partial charge in [0, 0.05) is 12.4 Å². The summed E-state index contributed by atoms with van der Waals surface area (Å²) in [6, 6.07) is 7.28. The Hall–Kier alpha value is -2.76. The van der Waals surface area contributed by atoms with Gasteiger partial charge < -0.3 is 10.3 Å². The third kappa shape index (κ3) is 2.03. The van der Waals surface area contributed by atoms with Gasteiger partial charge in [-0.25, -0.2) is 4.98 Å². The summed E-state index contributed by atoms with van der Waals surface area (Å²) in [7, 11) is 0. The van der Waals surface area contributed by atoms with Crippen molar-refractivity contribution in [2.24, 2.45) is 0 Å². The highest BCUT2D eigenvalue weighted by Crippen LogP contribution is 2.24. The van der Waals surface area contributed by atoms with E-state index in [2.05, 4.69) is 20.1 Å². The molecule has 0 spiro atoms. The maximum Gasteiger partial charge on any atom is 0.279 e. The molecule has 0 atom stereocenters. The van der Waals surface area contributed by atoms with Gasteiger partial charge in [0.15, 0.2) is 5.69 Å². The number of pyridine rings is 2. The van der Waals surface area contributed by atoms with E-state index in [0.717, 1.165) is 5.56 Å². The van der Waals surface area contributed by atoms with Crippen LogP contribution in [0.25, 0.3) is 23.1 Å². The number of hydrogen-bond donors (Lipinski definition) is 1. The van der Waals surface area contributed by atoms with E-state index in [4.69, 9.17) is 10.3 Å². The summed E-state index contributed by atoms with van der Waals surface area (Å²) in [5.74, 6) is 0.719. The summed E-state index contributed by atoms with van der Waals surface area (Å²) in [6.45, 7) is 1.94. The first-order valence-corrected chi connectivity index (χ1v) is 5.72. The fourth-order valence-corrected chi connectivity index (χ4v) is 1.73. The van der Waals surface area contributed by atoms with Gasteiger partial charge in [0.2, 0.25) is 5.82 Å². The minimum Gasteiger partial charge on any atom is -0.397 e. The molecule has 0 aliphatic heterocycles. The van der Waals surface area contributed by atoms with Crippen LogP contribution in [0.5, 0.6) is 0 Å². The average Bonchev–Trinajstić information content (AvgIpc) is 2.89. The third-order valence-electron chi connectivity index (χ3n) is 2.69. The SMILES string of the molecule is Cc1cccnc1-c1noc(-c2ncccc2N)n1. The summed E-state index contributed by atoms with van der Waals surface area (Å²) < 4.78 is 5.20. The zero-order valence-corrected chi connectivity index (χ0v) is 10.2. The molecule has 2 N–H and O–H groups in total. The van der Waals surface area contributed by atoms with Crippen molar-refractivity contribution in [2.45, 2.75) is 6.92 Å². The molecule has 3 aromatic heterocycles. The molecule has 3 aromatic rings. The minimum absolute atomic E-state index is 0.290. The maximum absolute atomic E-state index is 5.82. The normalized spacial score (nSPS) is 10.6. The molecule has 0 radical (unpaired) electrons. The number of anilines is 1. The van der Waals surface area contributed by atoms with E-state index >= 15 is 0 Å². The highest BCUT2D eigenvalue weighted by Gasteiger charge is 2.15. The van der Waals surface area contributed by atoms with Gasteiger partial charge >= 0.3 is 0 Å². The molecule has 0 amide bonds. The van der Waals surface area contributed by atoms with Crippen LogP contribution in [-0.4, -0.2) is 20.1 Å². The minimum atomic E-state index is 0.290. The molecular formula is C13H11N5O. The smallest absolute Gasteiger partial charge is 0.279 e. The fraction of sp³-hybridized carbons (Fsp3) is 0.0769. The lowest BCUT2D eigenvalue weighted by Gasteiger charge is -1.98. The monoisotopic (exact) mass is 253 g/mol. The van der Waals surface area contributed by atoms with E-state index in [-0.39, 0.29) is 5.89 Å². The van der Waals surface area contributed by atoms with Crippen LogP contribution in [0.1, 0.15) is 5.56 Å². The second-order valence-corrected chi connectivity index (χ2v) is 4.03. The van der Waals surface area contributed by atoms with Gasteiger partial charge in [-0.15, -0.1) is 0 Å². The first kappa shape index (κ1) is 11.3. The van der Waals surface area contributed by atoms with E-state index < -0.39 is 0 Å². The molecule has 3 rings (SSSR count). The number of hydrogen-bond acceptors (Lipinski definition) is 6. The lowest BCUT2D eigenvalue weighted by Crippen LogP contribution is -1.93. The van der Waals surface area contributed by atoms with Crippen LogP contribution in [0.3, 0.4) is 0 Å². The first-order valence-electron chi connectivity index (χ1n) is 5.72. The van der Waals surface area contributed by atoms with Crippen molar-refractivity contribution in [1.82, 2.24) is 20.1 Å². The largest absolute Gasteiger partial charge is 0.397 e. The Kier molecular flexibility index (Phi) is 2.68. The first-order chi connectivity index (χ1) is 9.25. The van der Waals surface area contributed by atoms with Crippen LogP contribution in [0, 0.1) is 6.92 Å². The standard InChI is InChI=1S/C13H11N5O/c1-8-4-2-6-15-10(8)12-17-13(19-18-12)11-9(14)5-3-7-16-11/h2-7H,14H2,1H3. The van der Waals surface area contributed by atoms with Gasteiger partial charge in [-0.3, -0.25) is 4.98 Å². The van der Waals surface area contributed by atoms with Crippen molar-refractivity contribution in [3.8, 4) is 23.1 Å². The van der Waals surface area contributed by atoms with E-state index in [9.17, 15) is 0 Å². The predicted molar refractivity (Wildman–Crippen MR) is 69.9 cm³/mol. The quantitative estimate of drug-likeness (QED) is 0.751. The highest BCUT2D eigenvalue weighted by atomic mass is 16.5. The lowest BCUT2D eigenvalue weighted by molar-refractivity contribution is 0.431. The van der Waals surface area contributed by atoms with Gasteiger partial charge in [0.05, 0.1) is 5.69 Å². The summed E-state index contributed by atoms with van der Waals surface area (Å²) >= 11 is 0. The Balaban J connectivity index is 2.06. The molecule has 0 aliphatic rings. The molecule has 94 valence electrons. The second kappa shape index (κ2) is 4.49. The molecule has 19 heavy (non-hydrogen) atoms. The van der Waals surface area contributed by atoms with Crippen LogP contribution >= 0.6 is 0 Å². The van der Waals surface area contributed by atoms with Gasteiger partial charge in [-0.05, 0) is 30.7 Å². The average molecular weight is 253 g/mol. The van der Waals surface area contributed by atoms with E-state index in [1.165, 1.54) is 0 Å². The number of nitrogen functional groups attached to an aromatic ring is 1. The van der Waals surface area contributed by atoms with Crippen molar-refractivity contribution < 1.29 is 4.52 Å². The number of rotatable bonds is 2. The Morgan fingerprint density at radius 1 is 1.05 bits per heavy atom. The number of aryl methyl sites for hydroxylation is 1. The zero-order valence-electron chi connectivity index (χ0n) is 10.2. The van der Waals surface area contributed by atoms with Crippen LogP contribution < -0.4 is 5.73 Å². The molecule has 6 nitrogen and oxygen atoms in total. The Bertz CT molecular complexity index is 662. The summed E-state index contributed by atoms with van der Waals surface area (Å²) in [5.41, 5.74) is 8.46. The van der Waals surface area contributed by atoms with Crippen molar-refractivity contribution in [1.29, 1.82) is 0 Å². The van der Waals surface area contributed by atoms with E-state index in [1.54, 1.807) is 24.5 Å². The molecule has 0 fully saturated rings. The van der Waals surface area contributed by atoms with Crippen LogP contribution in [0.4, 0.5) is 5.69 Å². The van der Waals surface area contributed by atoms with Crippen LogP contribution in [-0.2, 0) is 0 Å². The van der Waals surface area contributed by atoms with Crippen molar-refractivity contribution in [2.75, 3.05) is 5.73 Å². The molecule has 0 unspecified atom stereocenters. The third-order valence-corrected chi connectivity index (χ3v) is 2.69. The van der Waals surface area contributed by atoms with E-state index in [1.807, 2.05) is 19.1 Å². The Labute approximate surface area is 109 Å². The number of aromatic nitrogens is 4. The van der Waals surface area contributed by atoms with Crippen molar-refractivity contribution >= 4 is 5.69 Å². The van der Waals surface area contributed by atoms with E-state index in [0.29, 0.717) is 22.9 Å². The summed E-state index contributed by atoms with van der Waals surface area (Å²) in [5, 5.41) is 3.92. The molecule has 6 heteroatoms. The second-order valence-electron chi connectivity index (χ2n) is 4.03. The van der Waals surface area contributed by atoms with Gasteiger partial charge in [-0.2, -0.15) is 4.98 Å². The molecule has 0 saturated carbocycles. The molecule has 0 aliphatic carbocycles. The molecule has 0 bridgehead atoms. The Morgan fingerprint density at radius 2 is 1.79 bits per heavy atom. The molecule has 0 saturated heterocycles. The predicted octanol–water partition coefficient (Wildman–Crippen LogP) is 2.08. The molecule has 0 aromatic carbocycles. The maximum atomic E-state index is 5.82. The topological polar surface area (TPSA) is 90.7 Å². The molecular weight excluding hydrogens is 242 g/mol. The Morgan fingerprint density at radius 3 is 2.53 bits per heavy atom. The molecule has 3 heterocycles. The van der Waals surface area contributed by atoms with Crippen LogP contribution in [0.15, 0.2) is 41.2 Å². The van der Waals surface area contributed by atoms with Crippen LogP contribution in [0.2, 0.25) is 0 Å².